The van der Waals surface area contributed by atoms with E-state index in [2.05, 4.69) is 20.1 Å². The molecule has 168 valence electrons. The molecule has 2 aromatic heterocycles. The molecule has 10 heteroatoms. The predicted molar refractivity (Wildman–Crippen MR) is 122 cm³/mol. The quantitative estimate of drug-likeness (QED) is 0.499. The van der Waals surface area contributed by atoms with Crippen molar-refractivity contribution in [1.82, 2.24) is 20.1 Å². The first-order valence-electron chi connectivity index (χ1n) is 10.4. The van der Waals surface area contributed by atoms with Crippen molar-refractivity contribution in [2.24, 2.45) is 0 Å². The van der Waals surface area contributed by atoms with E-state index in [1.807, 2.05) is 5.38 Å². The maximum atomic E-state index is 14.6. The SMILES string of the molecule is O=C(c1cc(Cc2n[nH]c(=O)c3ccccc23)cc(F)c1F)N1CCN(c2nccs2)CC1. The van der Waals surface area contributed by atoms with Gasteiger partial charge in [-0.25, -0.2) is 18.9 Å². The molecule has 5 rings (SSSR count). The van der Waals surface area contributed by atoms with Gasteiger partial charge in [-0.3, -0.25) is 9.59 Å². The molecule has 0 aliphatic carbocycles. The number of thiazole rings is 1. The molecule has 1 aliphatic rings. The summed E-state index contributed by atoms with van der Waals surface area (Å²) < 4.78 is 29.1. The van der Waals surface area contributed by atoms with Crippen LogP contribution in [0.5, 0.6) is 0 Å². The molecular weight excluding hydrogens is 448 g/mol. The van der Waals surface area contributed by atoms with Crippen molar-refractivity contribution in [3.63, 3.8) is 0 Å². The first-order chi connectivity index (χ1) is 16.0. The highest BCUT2D eigenvalue weighted by Gasteiger charge is 2.27. The summed E-state index contributed by atoms with van der Waals surface area (Å²) in [7, 11) is 0. The van der Waals surface area contributed by atoms with Gasteiger partial charge < -0.3 is 9.80 Å². The smallest absolute Gasteiger partial charge is 0.272 e. The summed E-state index contributed by atoms with van der Waals surface area (Å²) in [6.45, 7) is 1.90. The highest BCUT2D eigenvalue weighted by atomic mass is 32.1. The van der Waals surface area contributed by atoms with Gasteiger partial charge in [-0.05, 0) is 23.8 Å². The summed E-state index contributed by atoms with van der Waals surface area (Å²) in [5.41, 5.74) is 0.267. The Kier molecular flexibility index (Phi) is 5.59. The van der Waals surface area contributed by atoms with Gasteiger partial charge in [0.1, 0.15) is 0 Å². The number of halogens is 2. The monoisotopic (exact) mass is 467 g/mol. The van der Waals surface area contributed by atoms with Crippen LogP contribution in [0.4, 0.5) is 13.9 Å². The van der Waals surface area contributed by atoms with Gasteiger partial charge in [-0.2, -0.15) is 5.10 Å². The van der Waals surface area contributed by atoms with Crippen LogP contribution in [-0.2, 0) is 6.42 Å². The van der Waals surface area contributed by atoms with Gasteiger partial charge in [-0.1, -0.05) is 18.2 Å². The summed E-state index contributed by atoms with van der Waals surface area (Å²) in [4.78, 5) is 32.9. The number of carbonyl (C=O) groups is 1. The third-order valence-electron chi connectivity index (χ3n) is 5.72. The number of H-pyrrole nitrogens is 1. The van der Waals surface area contributed by atoms with Crippen LogP contribution in [0.2, 0.25) is 0 Å². The van der Waals surface area contributed by atoms with Crippen LogP contribution in [0.1, 0.15) is 21.6 Å². The lowest BCUT2D eigenvalue weighted by Gasteiger charge is -2.34. The second kappa shape index (κ2) is 8.70. The van der Waals surface area contributed by atoms with Crippen LogP contribution < -0.4 is 10.5 Å². The number of piperazine rings is 1. The van der Waals surface area contributed by atoms with Crippen LogP contribution in [0.15, 0.2) is 52.8 Å². The number of aromatic amines is 1. The second-order valence-electron chi connectivity index (χ2n) is 7.75. The molecule has 0 saturated carbocycles. The largest absolute Gasteiger partial charge is 0.345 e. The van der Waals surface area contributed by atoms with Crippen molar-refractivity contribution in [2.75, 3.05) is 31.1 Å². The first kappa shape index (κ1) is 21.2. The number of nitrogens with zero attached hydrogens (tertiary/aromatic N) is 4. The Labute approximate surface area is 191 Å². The highest BCUT2D eigenvalue weighted by Crippen LogP contribution is 2.23. The lowest BCUT2D eigenvalue weighted by atomic mass is 10.0. The summed E-state index contributed by atoms with van der Waals surface area (Å²) in [5.74, 6) is -2.80. The number of hydrogen-bond acceptors (Lipinski definition) is 6. The molecule has 1 fully saturated rings. The third-order valence-corrected chi connectivity index (χ3v) is 6.55. The lowest BCUT2D eigenvalue weighted by molar-refractivity contribution is 0.0740. The van der Waals surface area contributed by atoms with E-state index in [1.54, 1.807) is 30.5 Å². The number of fused-ring (bicyclic) bond motifs is 1. The second-order valence-corrected chi connectivity index (χ2v) is 8.63. The highest BCUT2D eigenvalue weighted by molar-refractivity contribution is 7.13. The van der Waals surface area contributed by atoms with Crippen molar-refractivity contribution in [3.8, 4) is 0 Å². The summed E-state index contributed by atoms with van der Waals surface area (Å²) in [6.07, 6.45) is 1.86. The number of rotatable bonds is 4. The Bertz CT molecular complexity index is 1380. The molecule has 0 unspecified atom stereocenters. The Morgan fingerprint density at radius 2 is 1.85 bits per heavy atom. The van der Waals surface area contributed by atoms with Gasteiger partial charge in [-0.15, -0.1) is 11.3 Å². The van der Waals surface area contributed by atoms with E-state index in [9.17, 15) is 18.4 Å². The lowest BCUT2D eigenvalue weighted by Crippen LogP contribution is -2.49. The summed E-state index contributed by atoms with van der Waals surface area (Å²) >= 11 is 1.52. The van der Waals surface area contributed by atoms with Crippen LogP contribution >= 0.6 is 11.3 Å². The average molecular weight is 468 g/mol. The van der Waals surface area contributed by atoms with Gasteiger partial charge in [0.2, 0.25) is 0 Å². The van der Waals surface area contributed by atoms with Crippen LogP contribution in [-0.4, -0.2) is 52.2 Å². The molecule has 1 amide bonds. The molecule has 1 aliphatic heterocycles. The van der Waals surface area contributed by atoms with Crippen LogP contribution in [0, 0.1) is 11.6 Å². The zero-order chi connectivity index (χ0) is 22.9. The summed E-state index contributed by atoms with van der Waals surface area (Å²) in [6, 6.07) is 9.37. The number of amides is 1. The van der Waals surface area contributed by atoms with Gasteiger partial charge in [0.15, 0.2) is 16.8 Å². The van der Waals surface area contributed by atoms with Gasteiger partial charge in [0, 0.05) is 49.6 Å². The predicted octanol–water partition coefficient (Wildman–Crippen LogP) is 3.21. The molecule has 0 atom stereocenters. The van der Waals surface area contributed by atoms with E-state index in [1.165, 1.54) is 22.3 Å². The van der Waals surface area contributed by atoms with E-state index < -0.39 is 17.5 Å². The minimum atomic E-state index is -1.16. The molecule has 0 bridgehead atoms. The normalized spacial score (nSPS) is 14.1. The molecule has 0 spiro atoms. The van der Waals surface area contributed by atoms with Crippen molar-refractivity contribution in [3.05, 3.63) is 86.8 Å². The number of nitrogens with one attached hydrogen (secondary N) is 1. The maximum Gasteiger partial charge on any atom is 0.272 e. The molecule has 1 saturated heterocycles. The minimum Gasteiger partial charge on any atom is -0.345 e. The zero-order valence-corrected chi connectivity index (χ0v) is 18.2. The van der Waals surface area contributed by atoms with Crippen molar-refractivity contribution >= 4 is 33.1 Å². The Hall–Kier alpha value is -3.66. The Morgan fingerprint density at radius 3 is 2.58 bits per heavy atom. The van der Waals surface area contributed by atoms with Crippen molar-refractivity contribution in [1.29, 1.82) is 0 Å². The van der Waals surface area contributed by atoms with Gasteiger partial charge >= 0.3 is 0 Å². The van der Waals surface area contributed by atoms with E-state index in [0.29, 0.717) is 48.2 Å². The fourth-order valence-corrected chi connectivity index (χ4v) is 4.74. The van der Waals surface area contributed by atoms with Crippen LogP contribution in [0.3, 0.4) is 0 Å². The molecule has 33 heavy (non-hydrogen) atoms. The minimum absolute atomic E-state index is 0.132. The number of anilines is 1. The molecule has 7 nitrogen and oxygen atoms in total. The Morgan fingerprint density at radius 1 is 1.09 bits per heavy atom. The van der Waals surface area contributed by atoms with Crippen molar-refractivity contribution < 1.29 is 13.6 Å². The number of carbonyl (C=O) groups excluding carboxylic acids is 1. The van der Waals surface area contributed by atoms with E-state index in [0.717, 1.165) is 11.2 Å². The third kappa shape index (κ3) is 4.09. The van der Waals surface area contributed by atoms with Crippen molar-refractivity contribution in [2.45, 2.75) is 6.42 Å². The zero-order valence-electron chi connectivity index (χ0n) is 17.4. The molecule has 0 radical (unpaired) electrons. The molecular formula is C23H19F2N5O2S. The average Bonchev–Trinajstić information content (AvgIpc) is 3.38. The van der Waals surface area contributed by atoms with Gasteiger partial charge in [0.25, 0.3) is 11.5 Å². The standard InChI is InChI=1S/C23H19F2N5O2S/c24-18-12-14(13-19-15-3-1-2-4-16(15)21(31)28-27-19)11-17(20(18)25)22(32)29-6-8-30(9-7-29)23-26-5-10-33-23/h1-5,10-12H,6-9,13H2,(H,28,31). The fraction of sp³-hybridized carbons (Fsp3) is 0.217. The Balaban J connectivity index is 1.40. The van der Waals surface area contributed by atoms with E-state index >= 15 is 0 Å². The molecule has 3 heterocycles. The topological polar surface area (TPSA) is 82.2 Å². The van der Waals surface area contributed by atoms with E-state index in [-0.39, 0.29) is 17.5 Å². The fourth-order valence-electron chi connectivity index (χ4n) is 4.05. The maximum absolute atomic E-state index is 14.6. The number of aromatic nitrogens is 3. The first-order valence-corrected chi connectivity index (χ1v) is 11.3. The van der Waals surface area contributed by atoms with E-state index in [4.69, 9.17) is 0 Å². The number of hydrogen-bond donors (Lipinski definition) is 1. The van der Waals surface area contributed by atoms with Crippen LogP contribution in [0.25, 0.3) is 10.8 Å². The molecule has 2 aromatic carbocycles. The molecule has 1 N–H and O–H groups in total. The number of benzene rings is 2. The molecule has 4 aromatic rings. The van der Waals surface area contributed by atoms with Gasteiger partial charge in [0.05, 0.1) is 16.6 Å². The summed E-state index contributed by atoms with van der Waals surface area (Å²) in [5, 5.41) is 10.4.